The van der Waals surface area contributed by atoms with Crippen LogP contribution in [0.2, 0.25) is 0 Å². The predicted molar refractivity (Wildman–Crippen MR) is 67.8 cm³/mol. The fourth-order valence-electron chi connectivity index (χ4n) is 3.14. The van der Waals surface area contributed by atoms with Gasteiger partial charge in [0.15, 0.2) is 0 Å². The molecule has 0 amide bonds. The lowest BCUT2D eigenvalue weighted by Gasteiger charge is -2.29. The van der Waals surface area contributed by atoms with Crippen LogP contribution in [-0.4, -0.2) is 47.6 Å². The molecule has 0 saturated heterocycles. The number of fused-ring (bicyclic) bond motifs is 2. The molecule has 2 N–H and O–H groups in total. The molecule has 1 saturated carbocycles. The molecule has 2 rings (SSSR count). The first-order chi connectivity index (χ1) is 11.2. The van der Waals surface area contributed by atoms with Gasteiger partial charge in [0.25, 0.3) is 6.10 Å². The van der Waals surface area contributed by atoms with E-state index < -0.39 is 63.3 Å². The molecule has 25 heavy (non-hydrogen) atoms. The maximum atomic E-state index is 13.4. The second-order valence-corrected chi connectivity index (χ2v) is 7.23. The number of carboxylic acids is 1. The third kappa shape index (κ3) is 3.34. The van der Waals surface area contributed by atoms with E-state index in [9.17, 15) is 40.0 Å². The van der Waals surface area contributed by atoms with Gasteiger partial charge in [-0.15, -0.1) is 0 Å². The number of hydrogen-bond donors (Lipinski definition) is 2. The summed E-state index contributed by atoms with van der Waals surface area (Å²) in [6, 6.07) is 0. The van der Waals surface area contributed by atoms with E-state index in [1.165, 1.54) is 12.2 Å². The Hall–Kier alpha value is -1.76. The summed E-state index contributed by atoms with van der Waals surface area (Å²) in [5, 5.41) is 3.24. The second-order valence-electron chi connectivity index (χ2n) is 5.73. The number of hydrogen-bond acceptors (Lipinski definition) is 5. The second kappa shape index (κ2) is 5.90. The van der Waals surface area contributed by atoms with Gasteiger partial charge in [-0.25, -0.2) is 0 Å². The summed E-state index contributed by atoms with van der Waals surface area (Å²) in [4.78, 5) is 23.1. The third-order valence-corrected chi connectivity index (χ3v) is 5.10. The van der Waals surface area contributed by atoms with Crippen LogP contribution < -0.4 is 0 Å². The van der Waals surface area contributed by atoms with E-state index in [2.05, 4.69) is 4.74 Å². The summed E-state index contributed by atoms with van der Waals surface area (Å²) in [7, 11) is -6.55. The number of allylic oxidation sites excluding steroid dienone is 2. The van der Waals surface area contributed by atoms with Crippen molar-refractivity contribution in [1.82, 2.24) is 0 Å². The van der Waals surface area contributed by atoms with Crippen molar-refractivity contribution in [3.05, 3.63) is 12.2 Å². The minimum atomic E-state index is -6.55. The molecular weight excluding hydrogens is 383 g/mol. The molecule has 0 radical (unpaired) electrons. The first kappa shape index (κ1) is 19.6. The number of alkyl halides is 5. The summed E-state index contributed by atoms with van der Waals surface area (Å²) in [6.07, 6.45) is -7.58. The van der Waals surface area contributed by atoms with E-state index in [0.29, 0.717) is 0 Å². The van der Waals surface area contributed by atoms with Crippen molar-refractivity contribution in [2.75, 3.05) is 0 Å². The number of esters is 1. The fourth-order valence-corrected chi connectivity index (χ4v) is 3.59. The van der Waals surface area contributed by atoms with Crippen LogP contribution in [0.25, 0.3) is 0 Å². The minimum absolute atomic E-state index is 0.113. The van der Waals surface area contributed by atoms with Gasteiger partial charge >= 0.3 is 33.5 Å². The minimum Gasteiger partial charge on any atom is -0.481 e. The van der Waals surface area contributed by atoms with Gasteiger partial charge in [-0.1, -0.05) is 12.2 Å². The number of carbonyl (C=O) groups is 2. The zero-order chi connectivity index (χ0) is 19.4. The molecule has 0 aromatic rings. The van der Waals surface area contributed by atoms with Crippen LogP contribution in [0.3, 0.4) is 0 Å². The van der Waals surface area contributed by atoms with E-state index in [-0.39, 0.29) is 6.42 Å². The van der Waals surface area contributed by atoms with E-state index in [1.807, 2.05) is 0 Å². The Morgan fingerprint density at radius 1 is 1.08 bits per heavy atom. The summed E-state index contributed by atoms with van der Waals surface area (Å²) in [5.74, 6) is -8.10. The molecule has 13 heteroatoms. The van der Waals surface area contributed by atoms with E-state index in [1.54, 1.807) is 0 Å². The average molecular weight is 394 g/mol. The number of halogens is 5. The highest BCUT2D eigenvalue weighted by Crippen LogP contribution is 2.49. The Balaban J connectivity index is 2.33. The lowest BCUT2D eigenvalue weighted by atomic mass is 9.83. The maximum Gasteiger partial charge on any atom is 0.432 e. The molecule has 142 valence electrons. The van der Waals surface area contributed by atoms with Crippen LogP contribution in [-0.2, 0) is 24.4 Å². The largest absolute Gasteiger partial charge is 0.481 e. The molecule has 2 bridgehead atoms. The molecule has 0 aromatic heterocycles. The molecule has 1 fully saturated rings. The van der Waals surface area contributed by atoms with Gasteiger partial charge in [-0.3, -0.25) is 14.1 Å². The van der Waals surface area contributed by atoms with E-state index in [0.717, 1.165) is 0 Å². The fraction of sp³-hybridized carbons (Fsp3) is 0.667. The molecule has 2 aliphatic carbocycles. The van der Waals surface area contributed by atoms with Crippen LogP contribution in [0.15, 0.2) is 12.2 Å². The quantitative estimate of drug-likeness (QED) is 0.314. The average Bonchev–Trinajstić information content (AvgIpc) is 3.01. The first-order valence-corrected chi connectivity index (χ1v) is 8.15. The Bertz CT molecular complexity index is 714. The molecule has 0 spiro atoms. The maximum absolute atomic E-state index is 13.4. The normalized spacial score (nSPS) is 30.3. The lowest BCUT2D eigenvalue weighted by molar-refractivity contribution is -0.261. The number of carboxylic acid groups (broad SMARTS) is 1. The van der Waals surface area contributed by atoms with Crippen LogP contribution in [0.4, 0.5) is 22.0 Å². The van der Waals surface area contributed by atoms with E-state index in [4.69, 9.17) is 9.66 Å². The zero-order valence-corrected chi connectivity index (χ0v) is 12.8. The smallest absolute Gasteiger partial charge is 0.432 e. The Morgan fingerprint density at radius 2 is 1.56 bits per heavy atom. The monoisotopic (exact) mass is 394 g/mol. The van der Waals surface area contributed by atoms with Crippen LogP contribution in [0.5, 0.6) is 0 Å². The van der Waals surface area contributed by atoms with Crippen molar-refractivity contribution < 1.29 is 54.4 Å². The van der Waals surface area contributed by atoms with Gasteiger partial charge in [0.05, 0.1) is 11.8 Å². The molecule has 2 aliphatic rings. The third-order valence-electron chi connectivity index (χ3n) is 4.20. The van der Waals surface area contributed by atoms with Crippen molar-refractivity contribution in [2.45, 2.75) is 24.0 Å². The predicted octanol–water partition coefficient (Wildman–Crippen LogP) is 1.46. The summed E-state index contributed by atoms with van der Waals surface area (Å²) in [6.45, 7) is 0. The standard InChI is InChI=1S/C12H11F5O7S/c13-11(14,15)10(12(16,17)25(21,22)23)24-9(20)7-5-2-1-4(3-5)6(7)8(18)19/h1-2,4-7,10H,3H2,(H,18,19)(H,21,22,23). The summed E-state index contributed by atoms with van der Waals surface area (Å²) < 4.78 is 98.3. The van der Waals surface area contributed by atoms with Crippen molar-refractivity contribution in [3.8, 4) is 0 Å². The van der Waals surface area contributed by atoms with Gasteiger partial charge in [0, 0.05) is 0 Å². The van der Waals surface area contributed by atoms with Gasteiger partial charge in [0.2, 0.25) is 0 Å². The highest BCUT2D eigenvalue weighted by atomic mass is 32.2. The molecule has 7 nitrogen and oxygen atoms in total. The van der Waals surface area contributed by atoms with Crippen LogP contribution in [0, 0.1) is 23.7 Å². The highest BCUT2D eigenvalue weighted by Gasteiger charge is 2.67. The van der Waals surface area contributed by atoms with Gasteiger partial charge < -0.3 is 9.84 Å². The van der Waals surface area contributed by atoms with Crippen LogP contribution >= 0.6 is 0 Å². The zero-order valence-electron chi connectivity index (χ0n) is 12.0. The molecule has 5 atom stereocenters. The lowest BCUT2D eigenvalue weighted by Crippen LogP contribution is -2.53. The number of ether oxygens (including phenoxy) is 1. The molecule has 0 aromatic carbocycles. The van der Waals surface area contributed by atoms with Crippen LogP contribution in [0.1, 0.15) is 6.42 Å². The highest BCUT2D eigenvalue weighted by molar-refractivity contribution is 7.86. The molecule has 5 unspecified atom stereocenters. The summed E-state index contributed by atoms with van der Waals surface area (Å²) in [5.41, 5.74) is 0. The number of aliphatic carboxylic acids is 1. The SMILES string of the molecule is O=C(O)C1C2C=CC(C2)C1C(=O)OC(C(F)(F)F)C(F)(F)S(=O)(=O)O. The molecule has 0 aliphatic heterocycles. The van der Waals surface area contributed by atoms with Crippen molar-refractivity contribution in [2.24, 2.45) is 23.7 Å². The Labute approximate surface area is 137 Å². The number of rotatable bonds is 5. The molecule has 0 heterocycles. The van der Waals surface area contributed by atoms with Gasteiger partial charge in [-0.2, -0.15) is 30.4 Å². The van der Waals surface area contributed by atoms with Gasteiger partial charge in [0.1, 0.15) is 0 Å². The van der Waals surface area contributed by atoms with Gasteiger partial charge in [-0.05, 0) is 18.3 Å². The topological polar surface area (TPSA) is 118 Å². The Morgan fingerprint density at radius 3 is 1.96 bits per heavy atom. The van der Waals surface area contributed by atoms with Crippen molar-refractivity contribution in [1.29, 1.82) is 0 Å². The molecular formula is C12H11F5O7S. The Kier molecular flexibility index (Phi) is 4.62. The first-order valence-electron chi connectivity index (χ1n) is 6.71. The van der Waals surface area contributed by atoms with Crippen molar-refractivity contribution in [3.63, 3.8) is 0 Å². The number of carbonyl (C=O) groups excluding carboxylic acids is 1. The summed E-state index contributed by atoms with van der Waals surface area (Å²) >= 11 is 0. The van der Waals surface area contributed by atoms with Crippen molar-refractivity contribution >= 4 is 22.1 Å². The van der Waals surface area contributed by atoms with E-state index >= 15 is 0 Å².